The van der Waals surface area contributed by atoms with E-state index < -0.39 is 6.02 Å². The molecule has 4 heteroatoms. The number of benzene rings is 1. The molecule has 0 radical (unpaired) electrons. The Balaban J connectivity index is 1.85. The average molecular weight is 235 g/mol. The molecule has 1 saturated heterocycles. The minimum atomic E-state index is -1.04. The lowest BCUT2D eigenvalue weighted by atomic mass is 10.1. The van der Waals surface area contributed by atoms with Gasteiger partial charge < -0.3 is 15.4 Å². The number of ether oxygens (including phenoxy) is 1. The monoisotopic (exact) mass is 235 g/mol. The third kappa shape index (κ3) is 3.46. The third-order valence-electron chi connectivity index (χ3n) is 2.78. The van der Waals surface area contributed by atoms with E-state index in [4.69, 9.17) is 11.8 Å². The number of carbonyl (C=O) groups excluding carboxylic acids is 1. The number of hydrogen-bond donors (Lipinski definition) is 1. The van der Waals surface area contributed by atoms with Gasteiger partial charge in [0.2, 0.25) is 0 Å². The summed E-state index contributed by atoms with van der Waals surface area (Å²) in [5, 5.41) is 0. The Morgan fingerprint density at radius 3 is 3.00 bits per heavy atom. The molecule has 1 fully saturated rings. The Morgan fingerprint density at radius 1 is 1.53 bits per heavy atom. The average Bonchev–Trinajstić information content (AvgIpc) is 2.36. The van der Waals surface area contributed by atoms with Crippen molar-refractivity contribution in [3.63, 3.8) is 0 Å². The molecular formula is C13H18N2O2. The highest BCUT2D eigenvalue weighted by Gasteiger charge is 2.22. The van der Waals surface area contributed by atoms with Gasteiger partial charge in [-0.05, 0) is 18.4 Å². The molecular weight excluding hydrogens is 216 g/mol. The highest BCUT2D eigenvalue weighted by atomic mass is 16.6. The van der Waals surface area contributed by atoms with Crippen LogP contribution in [-0.2, 0) is 11.3 Å². The Morgan fingerprint density at radius 2 is 2.29 bits per heavy atom. The summed E-state index contributed by atoms with van der Waals surface area (Å²) in [5.74, 6) is 0. The van der Waals surface area contributed by atoms with Crippen molar-refractivity contribution in [2.45, 2.75) is 25.5 Å². The lowest BCUT2D eigenvalue weighted by molar-refractivity contribution is 0.0862. The molecule has 0 aliphatic carbocycles. The van der Waals surface area contributed by atoms with Crippen molar-refractivity contribution in [2.75, 3.05) is 13.1 Å². The zero-order chi connectivity index (χ0) is 13.0. The van der Waals surface area contributed by atoms with Gasteiger partial charge in [0.15, 0.2) is 0 Å². The number of hydrogen-bond acceptors (Lipinski definition) is 3. The second-order valence-electron chi connectivity index (χ2n) is 4.22. The number of nitrogens with two attached hydrogens (primary N) is 1. The van der Waals surface area contributed by atoms with Crippen molar-refractivity contribution in [2.24, 2.45) is 5.73 Å². The molecule has 0 spiro atoms. The van der Waals surface area contributed by atoms with E-state index in [0.29, 0.717) is 13.0 Å². The van der Waals surface area contributed by atoms with Crippen LogP contribution < -0.4 is 5.73 Å². The number of carbonyl (C=O) groups is 1. The van der Waals surface area contributed by atoms with Crippen LogP contribution in [0.1, 0.15) is 19.8 Å². The molecule has 17 heavy (non-hydrogen) atoms. The smallest absolute Gasteiger partial charge is 0.410 e. The molecule has 1 heterocycles. The first-order chi connectivity index (χ1) is 8.57. The van der Waals surface area contributed by atoms with E-state index in [-0.39, 0.29) is 19.2 Å². The van der Waals surface area contributed by atoms with E-state index in [2.05, 4.69) is 0 Å². The topological polar surface area (TPSA) is 55.6 Å². The fourth-order valence-corrected chi connectivity index (χ4v) is 1.87. The van der Waals surface area contributed by atoms with Gasteiger partial charge in [0.1, 0.15) is 6.61 Å². The van der Waals surface area contributed by atoms with Gasteiger partial charge in [-0.3, -0.25) is 0 Å². The van der Waals surface area contributed by atoms with Crippen LogP contribution in [0, 0.1) is 0 Å². The minimum absolute atomic E-state index is 0.237. The minimum Gasteiger partial charge on any atom is -0.445 e. The van der Waals surface area contributed by atoms with E-state index in [0.717, 1.165) is 12.0 Å². The second kappa shape index (κ2) is 5.68. The van der Waals surface area contributed by atoms with Gasteiger partial charge in [-0.1, -0.05) is 30.3 Å². The summed E-state index contributed by atoms with van der Waals surface area (Å²) in [5.41, 5.74) is 6.68. The lowest BCUT2D eigenvalue weighted by Gasteiger charge is -2.29. The molecule has 1 aliphatic heterocycles. The molecule has 2 N–H and O–H groups in total. The van der Waals surface area contributed by atoms with E-state index in [1.807, 2.05) is 30.3 Å². The van der Waals surface area contributed by atoms with Crippen LogP contribution in [0.2, 0.25) is 0 Å². The van der Waals surface area contributed by atoms with Crippen LogP contribution in [0.15, 0.2) is 30.3 Å². The highest BCUT2D eigenvalue weighted by molar-refractivity contribution is 5.67. The summed E-state index contributed by atoms with van der Waals surface area (Å²) in [7, 11) is 0. The predicted molar refractivity (Wildman–Crippen MR) is 65.4 cm³/mol. The summed E-state index contributed by atoms with van der Waals surface area (Å²) in [6.45, 7) is 1.11. The van der Waals surface area contributed by atoms with Gasteiger partial charge in [0.25, 0.3) is 0 Å². The SMILES string of the molecule is [2H]C1(N)CCCN(C(=O)OCc2ccccc2)C1. The van der Waals surface area contributed by atoms with Crippen molar-refractivity contribution in [3.05, 3.63) is 35.9 Å². The van der Waals surface area contributed by atoms with E-state index in [1.165, 1.54) is 4.90 Å². The molecule has 1 aromatic rings. The molecule has 1 atom stereocenters. The van der Waals surface area contributed by atoms with Gasteiger partial charge in [-0.25, -0.2) is 4.79 Å². The van der Waals surface area contributed by atoms with Gasteiger partial charge in [-0.15, -0.1) is 0 Å². The second-order valence-corrected chi connectivity index (χ2v) is 4.22. The standard InChI is InChI=1S/C13H18N2O2/c14-12-7-4-8-15(9-12)13(16)17-10-11-5-2-1-3-6-11/h1-3,5-6,12H,4,7-10,14H2/i12D. The molecule has 1 amide bonds. The number of piperidine rings is 1. The van der Waals surface area contributed by atoms with Crippen LogP contribution in [0.4, 0.5) is 4.79 Å². The third-order valence-corrected chi connectivity index (χ3v) is 2.78. The van der Waals surface area contributed by atoms with Crippen LogP contribution in [-0.4, -0.2) is 30.1 Å². The van der Waals surface area contributed by atoms with Crippen molar-refractivity contribution in [1.82, 2.24) is 4.90 Å². The van der Waals surface area contributed by atoms with E-state index in [1.54, 1.807) is 0 Å². The van der Waals surface area contributed by atoms with Gasteiger partial charge in [-0.2, -0.15) is 0 Å². The summed E-state index contributed by atoms with van der Waals surface area (Å²) >= 11 is 0. The maximum atomic E-state index is 11.8. The van der Waals surface area contributed by atoms with Crippen molar-refractivity contribution < 1.29 is 10.9 Å². The maximum absolute atomic E-state index is 11.8. The van der Waals surface area contributed by atoms with E-state index >= 15 is 0 Å². The van der Waals surface area contributed by atoms with Crippen LogP contribution in [0.25, 0.3) is 0 Å². The molecule has 0 aromatic heterocycles. The molecule has 0 bridgehead atoms. The number of likely N-dealkylation sites (tertiary alicyclic amines) is 1. The van der Waals surface area contributed by atoms with Crippen LogP contribution in [0.3, 0.4) is 0 Å². The van der Waals surface area contributed by atoms with Gasteiger partial charge >= 0.3 is 6.09 Å². The van der Waals surface area contributed by atoms with Gasteiger partial charge in [0.05, 0.1) is 0 Å². The molecule has 4 nitrogen and oxygen atoms in total. The lowest BCUT2D eigenvalue weighted by Crippen LogP contribution is -2.45. The van der Waals surface area contributed by atoms with Crippen molar-refractivity contribution in [3.8, 4) is 0 Å². The zero-order valence-electron chi connectivity index (χ0n) is 10.8. The normalized spacial score (nSPS) is 25.2. The summed E-state index contributed by atoms with van der Waals surface area (Å²) in [4.78, 5) is 13.3. The van der Waals surface area contributed by atoms with Crippen LogP contribution in [0.5, 0.6) is 0 Å². The summed E-state index contributed by atoms with van der Waals surface area (Å²) in [6.07, 6.45) is 0.983. The Bertz CT molecular complexity index is 409. The Labute approximate surface area is 103 Å². The summed E-state index contributed by atoms with van der Waals surface area (Å²) < 4.78 is 13.0. The zero-order valence-corrected chi connectivity index (χ0v) is 9.76. The largest absolute Gasteiger partial charge is 0.445 e. The first-order valence-corrected chi connectivity index (χ1v) is 5.81. The summed E-state index contributed by atoms with van der Waals surface area (Å²) in [6, 6.07) is 8.49. The van der Waals surface area contributed by atoms with Crippen LogP contribution >= 0.6 is 0 Å². The number of amides is 1. The molecule has 0 saturated carbocycles. The Kier molecular flexibility index (Phi) is 3.54. The maximum Gasteiger partial charge on any atom is 0.410 e. The molecule has 2 rings (SSSR count). The van der Waals surface area contributed by atoms with Gasteiger partial charge in [0, 0.05) is 20.5 Å². The van der Waals surface area contributed by atoms with E-state index in [9.17, 15) is 4.79 Å². The van der Waals surface area contributed by atoms with Crippen molar-refractivity contribution in [1.29, 1.82) is 0 Å². The Hall–Kier alpha value is -1.55. The number of nitrogens with zero attached hydrogens (tertiary/aromatic N) is 1. The molecule has 1 unspecified atom stereocenters. The van der Waals surface area contributed by atoms with Crippen molar-refractivity contribution >= 4 is 6.09 Å². The fourth-order valence-electron chi connectivity index (χ4n) is 1.87. The molecule has 1 aromatic carbocycles. The predicted octanol–water partition coefficient (Wildman–Crippen LogP) is 1.75. The fraction of sp³-hybridized carbons (Fsp3) is 0.462. The highest BCUT2D eigenvalue weighted by Crippen LogP contribution is 2.10. The first-order valence-electron chi connectivity index (χ1n) is 6.31. The molecule has 92 valence electrons. The molecule has 1 aliphatic rings. The number of rotatable bonds is 2. The first kappa shape index (κ1) is 10.6. The quantitative estimate of drug-likeness (QED) is 0.849.